The van der Waals surface area contributed by atoms with Gasteiger partial charge < -0.3 is 5.32 Å². The van der Waals surface area contributed by atoms with Crippen molar-refractivity contribution in [2.45, 2.75) is 37.1 Å². The van der Waals surface area contributed by atoms with Gasteiger partial charge in [0.15, 0.2) is 0 Å². The van der Waals surface area contributed by atoms with Crippen LogP contribution >= 0.6 is 0 Å². The Balaban J connectivity index is 1.40. The molecule has 0 bridgehead atoms. The van der Waals surface area contributed by atoms with Crippen LogP contribution in [0.3, 0.4) is 0 Å². The lowest BCUT2D eigenvalue weighted by atomic mass is 10.1. The molecular formula is C19H26N4O4S. The van der Waals surface area contributed by atoms with Gasteiger partial charge in [0, 0.05) is 39.3 Å². The fourth-order valence-electron chi connectivity index (χ4n) is 4.25. The molecule has 9 heteroatoms. The number of rotatable bonds is 4. The summed E-state index contributed by atoms with van der Waals surface area (Å²) in [6.45, 7) is 4.24. The van der Waals surface area contributed by atoms with Gasteiger partial charge in [-0.15, -0.1) is 0 Å². The number of carbonyl (C=O) groups is 2. The van der Waals surface area contributed by atoms with Crippen LogP contribution in [0.1, 0.15) is 24.5 Å². The van der Waals surface area contributed by atoms with E-state index in [1.54, 1.807) is 13.0 Å². The van der Waals surface area contributed by atoms with Crippen molar-refractivity contribution in [3.8, 4) is 0 Å². The highest BCUT2D eigenvalue weighted by Gasteiger charge is 2.36. The highest BCUT2D eigenvalue weighted by Crippen LogP contribution is 2.27. The van der Waals surface area contributed by atoms with E-state index < -0.39 is 16.1 Å². The van der Waals surface area contributed by atoms with Crippen LogP contribution in [0.25, 0.3) is 0 Å². The Morgan fingerprint density at radius 2 is 1.79 bits per heavy atom. The van der Waals surface area contributed by atoms with Crippen LogP contribution in [0.15, 0.2) is 23.1 Å². The molecule has 1 aromatic rings. The van der Waals surface area contributed by atoms with E-state index in [1.165, 1.54) is 14.8 Å². The molecule has 0 radical (unpaired) electrons. The largest absolute Gasteiger partial charge is 0.336 e. The number of hydrogen-bond donors (Lipinski definition) is 1. The molecule has 28 heavy (non-hydrogen) atoms. The molecule has 0 unspecified atom stereocenters. The first-order valence-electron chi connectivity index (χ1n) is 9.83. The number of urea groups is 1. The molecule has 1 aromatic carbocycles. The normalized spacial score (nSPS) is 22.2. The van der Waals surface area contributed by atoms with Crippen molar-refractivity contribution in [1.29, 1.82) is 0 Å². The Labute approximate surface area is 165 Å². The van der Waals surface area contributed by atoms with Crippen LogP contribution in [0.5, 0.6) is 0 Å². The Kier molecular flexibility index (Phi) is 5.15. The molecule has 0 saturated carbocycles. The lowest BCUT2D eigenvalue weighted by Crippen LogP contribution is -2.55. The van der Waals surface area contributed by atoms with E-state index in [4.69, 9.17) is 0 Å². The third-order valence-corrected chi connectivity index (χ3v) is 7.90. The van der Waals surface area contributed by atoms with E-state index in [2.05, 4.69) is 5.32 Å². The van der Waals surface area contributed by atoms with Crippen molar-refractivity contribution >= 4 is 22.0 Å². The second kappa shape index (κ2) is 7.46. The van der Waals surface area contributed by atoms with Crippen LogP contribution in [0, 0.1) is 0 Å². The van der Waals surface area contributed by atoms with E-state index in [1.807, 2.05) is 17.0 Å². The van der Waals surface area contributed by atoms with Crippen LogP contribution in [0.4, 0.5) is 4.79 Å². The summed E-state index contributed by atoms with van der Waals surface area (Å²) in [6, 6.07) is 4.67. The smallest absolute Gasteiger partial charge is 0.324 e. The first-order valence-corrected chi connectivity index (χ1v) is 11.3. The predicted octanol–water partition coefficient (Wildman–Crippen LogP) is 0.422. The minimum Gasteiger partial charge on any atom is -0.336 e. The zero-order valence-electron chi connectivity index (χ0n) is 16.1. The topological polar surface area (TPSA) is 90.0 Å². The number of fused-ring (bicyclic) bond motifs is 1. The lowest BCUT2D eigenvalue weighted by molar-refractivity contribution is -0.133. The van der Waals surface area contributed by atoms with E-state index in [0.29, 0.717) is 44.2 Å². The first kappa shape index (κ1) is 19.4. The van der Waals surface area contributed by atoms with Crippen LogP contribution in [-0.4, -0.2) is 79.8 Å². The molecule has 1 N–H and O–H groups in total. The number of aryl methyl sites for hydroxylation is 2. The summed E-state index contributed by atoms with van der Waals surface area (Å²) in [6.07, 6.45) is 3.05. The van der Waals surface area contributed by atoms with Gasteiger partial charge in [-0.05, 0) is 49.4 Å². The van der Waals surface area contributed by atoms with Gasteiger partial charge in [-0.3, -0.25) is 14.6 Å². The number of imide groups is 1. The Hall–Kier alpha value is -1.97. The first-order chi connectivity index (χ1) is 13.4. The van der Waals surface area contributed by atoms with E-state index in [-0.39, 0.29) is 11.9 Å². The fraction of sp³-hybridized carbons (Fsp3) is 0.579. The molecule has 1 atom stereocenters. The third kappa shape index (κ3) is 3.42. The van der Waals surface area contributed by atoms with Crippen molar-refractivity contribution in [1.82, 2.24) is 19.4 Å². The predicted molar refractivity (Wildman–Crippen MR) is 103 cm³/mol. The van der Waals surface area contributed by atoms with Gasteiger partial charge in [-0.2, -0.15) is 4.31 Å². The minimum absolute atomic E-state index is 0.232. The number of nitrogens with one attached hydrogen (secondary N) is 1. The van der Waals surface area contributed by atoms with Gasteiger partial charge in [0.2, 0.25) is 15.9 Å². The number of carbonyl (C=O) groups excluding carboxylic acids is 2. The second-order valence-electron chi connectivity index (χ2n) is 7.62. The zero-order chi connectivity index (χ0) is 19.9. The number of amides is 3. The summed E-state index contributed by atoms with van der Waals surface area (Å²) >= 11 is 0. The van der Waals surface area contributed by atoms with Crippen molar-refractivity contribution in [2.24, 2.45) is 0 Å². The van der Waals surface area contributed by atoms with Crippen LogP contribution in [0.2, 0.25) is 0 Å². The molecule has 0 aromatic heterocycles. The van der Waals surface area contributed by atoms with Gasteiger partial charge in [0.05, 0.1) is 10.9 Å². The molecule has 2 aliphatic heterocycles. The van der Waals surface area contributed by atoms with E-state index in [0.717, 1.165) is 24.8 Å². The van der Waals surface area contributed by atoms with Crippen molar-refractivity contribution in [2.75, 3.05) is 39.3 Å². The number of nitrogens with zero attached hydrogens (tertiary/aromatic N) is 3. The number of piperazine rings is 1. The summed E-state index contributed by atoms with van der Waals surface area (Å²) in [7, 11) is -3.53. The van der Waals surface area contributed by atoms with Crippen LogP contribution in [-0.2, 0) is 27.7 Å². The molecule has 152 valence electrons. The fourth-order valence-corrected chi connectivity index (χ4v) is 5.73. The average molecular weight is 407 g/mol. The summed E-state index contributed by atoms with van der Waals surface area (Å²) < 4.78 is 27.6. The van der Waals surface area contributed by atoms with Crippen molar-refractivity contribution in [3.05, 3.63) is 29.3 Å². The maximum atomic E-state index is 13.0. The monoisotopic (exact) mass is 406 g/mol. The number of hydrogen-bond acceptors (Lipinski definition) is 5. The number of sulfonamides is 1. The van der Waals surface area contributed by atoms with Crippen molar-refractivity contribution < 1.29 is 18.0 Å². The Morgan fingerprint density at radius 3 is 2.46 bits per heavy atom. The second-order valence-corrected chi connectivity index (χ2v) is 9.56. The standard InChI is InChI=1S/C19H26N4O4S/c1-14(18(24)23-8-7-20-19(23)25)21-9-11-22(12-10-21)28(26,27)17-6-5-15-3-2-4-16(15)13-17/h5-6,13-14H,2-4,7-12H2,1H3,(H,20,25)/t14-/m0/s1. The average Bonchev–Trinajstić information content (AvgIpc) is 3.35. The van der Waals surface area contributed by atoms with E-state index in [9.17, 15) is 18.0 Å². The van der Waals surface area contributed by atoms with Gasteiger partial charge in [0.1, 0.15) is 0 Å². The molecule has 2 heterocycles. The molecule has 3 amide bonds. The number of benzene rings is 1. The minimum atomic E-state index is -3.53. The quantitative estimate of drug-likeness (QED) is 0.783. The maximum Gasteiger partial charge on any atom is 0.324 e. The molecular weight excluding hydrogens is 380 g/mol. The van der Waals surface area contributed by atoms with Gasteiger partial charge in [0.25, 0.3) is 0 Å². The van der Waals surface area contributed by atoms with Gasteiger partial charge in [-0.25, -0.2) is 13.2 Å². The lowest BCUT2D eigenvalue weighted by Gasteiger charge is -2.37. The molecule has 0 spiro atoms. The zero-order valence-corrected chi connectivity index (χ0v) is 16.9. The Bertz CT molecular complexity index is 893. The van der Waals surface area contributed by atoms with E-state index >= 15 is 0 Å². The van der Waals surface area contributed by atoms with Crippen molar-refractivity contribution in [3.63, 3.8) is 0 Å². The molecule has 2 fully saturated rings. The molecule has 4 rings (SSSR count). The molecule has 1 aliphatic carbocycles. The third-order valence-electron chi connectivity index (χ3n) is 6.01. The SMILES string of the molecule is C[C@@H](C(=O)N1CCNC1=O)N1CCN(S(=O)(=O)c2ccc3c(c2)CCC3)CC1. The van der Waals surface area contributed by atoms with Gasteiger partial charge >= 0.3 is 6.03 Å². The summed E-state index contributed by atoms with van der Waals surface area (Å²) in [5.74, 6) is -0.232. The summed E-state index contributed by atoms with van der Waals surface area (Å²) in [5.41, 5.74) is 2.39. The maximum absolute atomic E-state index is 13.0. The highest BCUT2D eigenvalue weighted by molar-refractivity contribution is 7.89. The molecule has 8 nitrogen and oxygen atoms in total. The Morgan fingerprint density at radius 1 is 1.07 bits per heavy atom. The summed E-state index contributed by atoms with van der Waals surface area (Å²) in [5, 5.41) is 2.63. The molecule has 3 aliphatic rings. The summed E-state index contributed by atoms with van der Waals surface area (Å²) in [4.78, 5) is 27.8. The van der Waals surface area contributed by atoms with Gasteiger partial charge in [-0.1, -0.05) is 6.07 Å². The molecule has 2 saturated heterocycles. The van der Waals surface area contributed by atoms with Crippen LogP contribution < -0.4 is 5.32 Å². The highest BCUT2D eigenvalue weighted by atomic mass is 32.2.